The van der Waals surface area contributed by atoms with Crippen LogP contribution in [0.1, 0.15) is 194 Å². The second-order valence-electron chi connectivity index (χ2n) is 12.9. The van der Waals surface area contributed by atoms with Crippen molar-refractivity contribution in [3.63, 3.8) is 0 Å². The van der Waals surface area contributed by atoms with E-state index in [0.29, 0.717) is 25.7 Å². The highest BCUT2D eigenvalue weighted by molar-refractivity contribution is 7.54. The van der Waals surface area contributed by atoms with Gasteiger partial charge in [-0.25, -0.2) is 4.79 Å². The topological polar surface area (TPSA) is 152 Å². The predicted molar refractivity (Wildman–Crippen MR) is 182 cm³/mol. The molecule has 0 aromatic rings. The number of aliphatic hydroxyl groups excluding tert-OH is 1. The Bertz CT molecular complexity index is 775. The maximum Gasteiger partial charge on any atom is 0.365 e. The molecule has 0 fully saturated rings. The Hall–Kier alpha value is -1.28. The van der Waals surface area contributed by atoms with Crippen LogP contribution in [0.5, 0.6) is 0 Å². The van der Waals surface area contributed by atoms with Crippen LogP contribution in [0.15, 0.2) is 0 Å². The summed E-state index contributed by atoms with van der Waals surface area (Å²) in [5.74, 6) is -4.01. The fourth-order valence-corrected chi connectivity index (χ4v) is 6.86. The standard InChI is InChI=1S/C35H68NO8P/c1-3-5-7-9-11-13-15-17-19-21-23-25-27-29-32(38)36(35(31-37,34(40)41)45(42,43)44)33(39)30-28-26-24-22-20-18-16-14-12-10-8-6-4-2/h37H,3-31H2,1-2H3,(H,40,41)(H2,42,43,44). The second kappa shape index (κ2) is 27.8. The molecule has 10 heteroatoms. The lowest BCUT2D eigenvalue weighted by Gasteiger charge is -2.37. The van der Waals surface area contributed by atoms with Crippen molar-refractivity contribution in [3.8, 4) is 0 Å². The van der Waals surface area contributed by atoms with Gasteiger partial charge in [0, 0.05) is 12.8 Å². The van der Waals surface area contributed by atoms with Crippen molar-refractivity contribution in [1.82, 2.24) is 4.90 Å². The van der Waals surface area contributed by atoms with Crippen molar-refractivity contribution < 1.29 is 38.9 Å². The van der Waals surface area contributed by atoms with E-state index in [9.17, 15) is 38.9 Å². The van der Waals surface area contributed by atoms with Gasteiger partial charge in [0.2, 0.25) is 11.8 Å². The fraction of sp³-hybridized carbons (Fsp3) is 0.914. The molecule has 0 saturated carbocycles. The van der Waals surface area contributed by atoms with E-state index in [0.717, 1.165) is 38.5 Å². The zero-order valence-electron chi connectivity index (χ0n) is 28.8. The molecule has 4 N–H and O–H groups in total. The molecule has 1 unspecified atom stereocenters. The Morgan fingerprint density at radius 2 is 0.756 bits per heavy atom. The van der Waals surface area contributed by atoms with E-state index >= 15 is 0 Å². The molecule has 0 aromatic heterocycles. The second-order valence-corrected chi connectivity index (χ2v) is 14.8. The van der Waals surface area contributed by atoms with E-state index in [-0.39, 0.29) is 17.7 Å². The molecule has 0 spiro atoms. The summed E-state index contributed by atoms with van der Waals surface area (Å²) in [4.78, 5) is 58.6. The van der Waals surface area contributed by atoms with E-state index in [4.69, 9.17) is 0 Å². The zero-order chi connectivity index (χ0) is 33.8. The summed E-state index contributed by atoms with van der Waals surface area (Å²) in [7, 11) is -5.64. The van der Waals surface area contributed by atoms with Gasteiger partial charge in [-0.05, 0) is 12.8 Å². The Labute approximate surface area is 274 Å². The molecule has 45 heavy (non-hydrogen) atoms. The number of unbranched alkanes of at least 4 members (excludes halogenated alkanes) is 24. The number of carboxylic acid groups (broad SMARTS) is 1. The van der Waals surface area contributed by atoms with Crippen LogP contribution in [-0.2, 0) is 18.9 Å². The van der Waals surface area contributed by atoms with Gasteiger partial charge in [0.25, 0.3) is 5.28 Å². The number of amides is 2. The molecule has 0 aliphatic rings. The Morgan fingerprint density at radius 3 is 0.956 bits per heavy atom. The first kappa shape index (κ1) is 43.7. The van der Waals surface area contributed by atoms with Gasteiger partial charge in [-0.15, -0.1) is 0 Å². The molecule has 0 heterocycles. The number of hydrogen-bond acceptors (Lipinski definition) is 5. The maximum atomic E-state index is 13.2. The van der Waals surface area contributed by atoms with Crippen molar-refractivity contribution in [3.05, 3.63) is 0 Å². The summed E-state index contributed by atoms with van der Waals surface area (Å²) >= 11 is 0. The average molecular weight is 662 g/mol. The van der Waals surface area contributed by atoms with E-state index < -0.39 is 37.3 Å². The van der Waals surface area contributed by atoms with E-state index in [1.807, 2.05) is 0 Å². The first-order chi connectivity index (χ1) is 21.6. The number of rotatable bonds is 32. The molecule has 0 rings (SSSR count). The monoisotopic (exact) mass is 661 g/mol. The van der Waals surface area contributed by atoms with Gasteiger partial charge in [-0.1, -0.05) is 168 Å². The van der Waals surface area contributed by atoms with Crippen LogP contribution in [-0.4, -0.2) is 54.6 Å². The molecule has 0 bridgehead atoms. The lowest BCUT2D eigenvalue weighted by molar-refractivity contribution is -0.164. The van der Waals surface area contributed by atoms with Gasteiger partial charge in [0.1, 0.15) is 0 Å². The van der Waals surface area contributed by atoms with Crippen molar-refractivity contribution in [2.45, 2.75) is 199 Å². The number of nitrogens with zero attached hydrogens (tertiary/aromatic N) is 1. The summed E-state index contributed by atoms with van der Waals surface area (Å²) < 4.78 is 12.4. The van der Waals surface area contributed by atoms with Crippen LogP contribution in [0.25, 0.3) is 0 Å². The third kappa shape index (κ3) is 19.2. The van der Waals surface area contributed by atoms with Crippen LogP contribution in [0, 0.1) is 0 Å². The minimum atomic E-state index is -5.64. The third-order valence-electron chi connectivity index (χ3n) is 8.90. The summed E-state index contributed by atoms with van der Waals surface area (Å²) in [5.41, 5.74) is 0. The summed E-state index contributed by atoms with van der Waals surface area (Å²) in [6.07, 6.45) is 28.0. The third-order valence-corrected chi connectivity index (χ3v) is 10.4. The van der Waals surface area contributed by atoms with Gasteiger partial charge in [-0.3, -0.25) is 19.1 Å². The van der Waals surface area contributed by atoms with Crippen molar-refractivity contribution in [2.24, 2.45) is 0 Å². The molecule has 266 valence electrons. The van der Waals surface area contributed by atoms with Crippen molar-refractivity contribution in [1.29, 1.82) is 0 Å². The average Bonchev–Trinajstić information content (AvgIpc) is 2.99. The van der Waals surface area contributed by atoms with Crippen molar-refractivity contribution in [2.75, 3.05) is 6.61 Å². The first-order valence-corrected chi connectivity index (χ1v) is 20.0. The molecular formula is C35H68NO8P. The Morgan fingerprint density at radius 1 is 0.511 bits per heavy atom. The van der Waals surface area contributed by atoms with E-state index in [1.165, 1.54) is 103 Å². The Kier molecular flexibility index (Phi) is 27.0. The number of hydrogen-bond donors (Lipinski definition) is 4. The number of aliphatic carboxylic acids is 1. The lowest BCUT2D eigenvalue weighted by Crippen LogP contribution is -2.61. The predicted octanol–water partition coefficient (Wildman–Crippen LogP) is 9.26. The van der Waals surface area contributed by atoms with Gasteiger partial charge < -0.3 is 20.0 Å². The number of imide groups is 1. The first-order valence-electron chi connectivity index (χ1n) is 18.4. The van der Waals surface area contributed by atoms with Gasteiger partial charge in [-0.2, -0.15) is 0 Å². The molecule has 0 aliphatic heterocycles. The molecule has 9 nitrogen and oxygen atoms in total. The molecule has 0 radical (unpaired) electrons. The highest BCUT2D eigenvalue weighted by Crippen LogP contribution is 2.53. The van der Waals surface area contributed by atoms with E-state index in [2.05, 4.69) is 13.8 Å². The molecular weight excluding hydrogens is 593 g/mol. The maximum absolute atomic E-state index is 13.2. The summed E-state index contributed by atoms with van der Waals surface area (Å²) in [6.45, 7) is 2.88. The molecule has 1 atom stereocenters. The lowest BCUT2D eigenvalue weighted by atomic mass is 10.0. The number of aliphatic hydroxyl groups is 1. The van der Waals surface area contributed by atoms with Crippen molar-refractivity contribution >= 4 is 25.4 Å². The van der Waals surface area contributed by atoms with Gasteiger partial charge in [0.15, 0.2) is 0 Å². The van der Waals surface area contributed by atoms with Gasteiger partial charge in [0.05, 0.1) is 6.61 Å². The molecule has 0 aliphatic carbocycles. The fourth-order valence-electron chi connectivity index (χ4n) is 5.94. The largest absolute Gasteiger partial charge is 0.479 e. The van der Waals surface area contributed by atoms with Crippen LogP contribution in [0.2, 0.25) is 0 Å². The van der Waals surface area contributed by atoms with Crippen LogP contribution in [0.3, 0.4) is 0 Å². The summed E-state index contributed by atoms with van der Waals surface area (Å²) in [6, 6.07) is 0. The smallest absolute Gasteiger partial charge is 0.365 e. The summed E-state index contributed by atoms with van der Waals surface area (Å²) in [5, 5.41) is 16.4. The molecule has 0 saturated heterocycles. The minimum Gasteiger partial charge on any atom is -0.479 e. The highest BCUT2D eigenvalue weighted by Gasteiger charge is 2.62. The number of carbonyl (C=O) groups excluding carboxylic acids is 2. The molecule has 2 amide bonds. The van der Waals surface area contributed by atoms with Crippen LogP contribution < -0.4 is 0 Å². The highest BCUT2D eigenvalue weighted by atomic mass is 31.2. The minimum absolute atomic E-state index is 0.178. The number of carboxylic acids is 1. The Balaban J connectivity index is 4.66. The quantitative estimate of drug-likeness (QED) is 0.0411. The number of carbonyl (C=O) groups is 3. The van der Waals surface area contributed by atoms with Crippen LogP contribution >= 0.6 is 7.60 Å². The molecule has 0 aromatic carbocycles. The van der Waals surface area contributed by atoms with Crippen LogP contribution in [0.4, 0.5) is 0 Å². The SMILES string of the molecule is CCCCCCCCCCCCCCCC(=O)N(C(=O)CCCCCCCCCCCCCCC)C(CO)(C(=O)O)P(=O)(O)O. The zero-order valence-corrected chi connectivity index (χ0v) is 29.7. The van der Waals surface area contributed by atoms with E-state index in [1.54, 1.807) is 0 Å². The normalized spacial score (nSPS) is 13.1. The van der Waals surface area contributed by atoms with Gasteiger partial charge >= 0.3 is 13.6 Å².